The molecule has 5 nitrogen and oxygen atoms in total. The lowest BCUT2D eigenvalue weighted by Crippen LogP contribution is -2.23. The van der Waals surface area contributed by atoms with E-state index in [4.69, 9.17) is 21.3 Å². The molecule has 0 radical (unpaired) electrons. The fourth-order valence-corrected chi connectivity index (χ4v) is 1.80. The highest BCUT2D eigenvalue weighted by Gasteiger charge is 2.11. The monoisotopic (exact) mass is 302 g/mol. The number of furan rings is 1. The van der Waals surface area contributed by atoms with Crippen molar-refractivity contribution in [1.82, 2.24) is 5.32 Å². The lowest BCUT2D eigenvalue weighted by molar-refractivity contribution is -0.117. The standard InChI is InChI=1S/C15H11ClN2O3/c16-12-3-4-14(19)10(7-12)6-11(8-17)15(20)18-9-13-2-1-5-21-13/h1-7,19H,9H2,(H,18,20). The van der Waals surface area contributed by atoms with Crippen LogP contribution >= 0.6 is 11.6 Å². The van der Waals surface area contributed by atoms with Gasteiger partial charge < -0.3 is 14.8 Å². The number of nitriles is 1. The number of aromatic hydroxyl groups is 1. The number of hydrogen-bond acceptors (Lipinski definition) is 4. The van der Waals surface area contributed by atoms with Crippen LogP contribution in [-0.4, -0.2) is 11.0 Å². The summed E-state index contributed by atoms with van der Waals surface area (Å²) in [4.78, 5) is 11.9. The molecule has 21 heavy (non-hydrogen) atoms. The van der Waals surface area contributed by atoms with Crippen molar-refractivity contribution in [2.24, 2.45) is 0 Å². The molecule has 2 aromatic rings. The van der Waals surface area contributed by atoms with Gasteiger partial charge in [0, 0.05) is 10.6 Å². The van der Waals surface area contributed by atoms with Gasteiger partial charge in [-0.1, -0.05) is 11.6 Å². The molecule has 0 atom stereocenters. The van der Waals surface area contributed by atoms with Crippen LogP contribution < -0.4 is 5.32 Å². The van der Waals surface area contributed by atoms with E-state index in [1.165, 1.54) is 30.5 Å². The Balaban J connectivity index is 2.14. The van der Waals surface area contributed by atoms with Crippen molar-refractivity contribution in [2.75, 3.05) is 0 Å². The molecule has 0 fully saturated rings. The molecule has 0 unspecified atom stereocenters. The van der Waals surface area contributed by atoms with Gasteiger partial charge in [0.15, 0.2) is 0 Å². The van der Waals surface area contributed by atoms with Crippen molar-refractivity contribution < 1.29 is 14.3 Å². The van der Waals surface area contributed by atoms with Crippen LogP contribution in [0, 0.1) is 11.3 Å². The highest BCUT2D eigenvalue weighted by molar-refractivity contribution is 6.30. The van der Waals surface area contributed by atoms with Crippen molar-refractivity contribution in [3.8, 4) is 11.8 Å². The molecule has 1 aromatic carbocycles. The molecule has 2 N–H and O–H groups in total. The zero-order valence-corrected chi connectivity index (χ0v) is 11.6. The second-order valence-corrected chi connectivity index (χ2v) is 4.57. The Kier molecular flexibility index (Phi) is 4.64. The number of nitrogens with one attached hydrogen (secondary N) is 1. The number of nitrogens with zero attached hydrogens (tertiary/aromatic N) is 1. The van der Waals surface area contributed by atoms with Crippen LogP contribution in [-0.2, 0) is 11.3 Å². The first-order valence-corrected chi connectivity index (χ1v) is 6.39. The average Bonchev–Trinajstić information content (AvgIpc) is 2.99. The number of carbonyl (C=O) groups excluding carboxylic acids is 1. The van der Waals surface area contributed by atoms with Crippen LogP contribution in [0.5, 0.6) is 5.75 Å². The number of halogens is 1. The summed E-state index contributed by atoms with van der Waals surface area (Å²) in [5, 5.41) is 21.7. The van der Waals surface area contributed by atoms with Gasteiger partial charge >= 0.3 is 0 Å². The summed E-state index contributed by atoms with van der Waals surface area (Å²) in [6.45, 7) is 0.173. The number of phenolic OH excluding ortho intramolecular Hbond substituents is 1. The molecule has 0 bridgehead atoms. The molecule has 0 saturated heterocycles. The first kappa shape index (κ1) is 14.7. The number of carbonyl (C=O) groups is 1. The first-order chi connectivity index (χ1) is 10.1. The molecular weight excluding hydrogens is 292 g/mol. The minimum Gasteiger partial charge on any atom is -0.507 e. The van der Waals surface area contributed by atoms with Gasteiger partial charge in [-0.15, -0.1) is 0 Å². The number of phenols is 1. The van der Waals surface area contributed by atoms with Crippen molar-refractivity contribution in [3.63, 3.8) is 0 Å². The minimum atomic E-state index is -0.562. The van der Waals surface area contributed by atoms with Gasteiger partial charge in [0.25, 0.3) is 5.91 Å². The van der Waals surface area contributed by atoms with Gasteiger partial charge in [0.1, 0.15) is 23.2 Å². The van der Waals surface area contributed by atoms with E-state index in [1.807, 2.05) is 0 Å². The third-order valence-electron chi connectivity index (χ3n) is 2.66. The average molecular weight is 303 g/mol. The maximum Gasteiger partial charge on any atom is 0.262 e. The second-order valence-electron chi connectivity index (χ2n) is 4.13. The summed E-state index contributed by atoms with van der Waals surface area (Å²) < 4.78 is 5.08. The Labute approximate surface area is 126 Å². The summed E-state index contributed by atoms with van der Waals surface area (Å²) in [7, 11) is 0. The van der Waals surface area contributed by atoms with Gasteiger partial charge in [0.2, 0.25) is 0 Å². The summed E-state index contributed by atoms with van der Waals surface area (Å²) in [6, 6.07) is 9.57. The summed E-state index contributed by atoms with van der Waals surface area (Å²) in [6.07, 6.45) is 2.77. The highest BCUT2D eigenvalue weighted by atomic mass is 35.5. The van der Waals surface area contributed by atoms with E-state index in [2.05, 4.69) is 5.32 Å². The van der Waals surface area contributed by atoms with Crippen LogP contribution in [0.25, 0.3) is 6.08 Å². The SMILES string of the molecule is N#CC(=Cc1cc(Cl)ccc1O)C(=O)NCc1ccco1. The molecule has 1 aromatic heterocycles. The third kappa shape index (κ3) is 3.88. The predicted molar refractivity (Wildman–Crippen MR) is 77.3 cm³/mol. The zero-order chi connectivity index (χ0) is 15.2. The Morgan fingerprint density at radius 3 is 2.95 bits per heavy atom. The first-order valence-electron chi connectivity index (χ1n) is 6.01. The maximum atomic E-state index is 11.9. The maximum absolute atomic E-state index is 11.9. The van der Waals surface area contributed by atoms with Crippen molar-refractivity contribution in [1.29, 1.82) is 5.26 Å². The van der Waals surface area contributed by atoms with Crippen LogP contribution in [0.2, 0.25) is 5.02 Å². The number of amides is 1. The molecule has 1 amide bonds. The van der Waals surface area contributed by atoms with E-state index in [1.54, 1.807) is 18.2 Å². The molecule has 106 valence electrons. The van der Waals surface area contributed by atoms with Crippen molar-refractivity contribution >= 4 is 23.6 Å². The van der Waals surface area contributed by atoms with Gasteiger partial charge in [0.05, 0.1) is 12.8 Å². The largest absolute Gasteiger partial charge is 0.507 e. The van der Waals surface area contributed by atoms with Crippen LogP contribution in [0.15, 0.2) is 46.6 Å². The van der Waals surface area contributed by atoms with Crippen LogP contribution in [0.1, 0.15) is 11.3 Å². The van der Waals surface area contributed by atoms with Crippen molar-refractivity contribution in [3.05, 3.63) is 58.5 Å². The zero-order valence-electron chi connectivity index (χ0n) is 10.8. The van der Waals surface area contributed by atoms with E-state index < -0.39 is 5.91 Å². The number of benzene rings is 1. The Hall–Kier alpha value is -2.71. The molecule has 0 spiro atoms. The van der Waals surface area contributed by atoms with E-state index in [9.17, 15) is 9.90 Å². The fourth-order valence-electron chi connectivity index (χ4n) is 1.62. The van der Waals surface area contributed by atoms with Crippen LogP contribution in [0.3, 0.4) is 0 Å². The Morgan fingerprint density at radius 2 is 2.29 bits per heavy atom. The Morgan fingerprint density at radius 1 is 1.48 bits per heavy atom. The van der Waals surface area contributed by atoms with Crippen molar-refractivity contribution in [2.45, 2.75) is 6.54 Å². The molecule has 0 aliphatic carbocycles. The molecule has 0 aliphatic rings. The molecule has 1 heterocycles. The Bertz CT molecular complexity index is 715. The number of rotatable bonds is 4. The fraction of sp³-hybridized carbons (Fsp3) is 0.0667. The lowest BCUT2D eigenvalue weighted by atomic mass is 10.1. The predicted octanol–water partition coefficient (Wildman–Crippen LogP) is 2.86. The summed E-state index contributed by atoms with van der Waals surface area (Å²) >= 11 is 5.82. The topological polar surface area (TPSA) is 86.3 Å². The molecule has 0 saturated carbocycles. The lowest BCUT2D eigenvalue weighted by Gasteiger charge is -2.03. The summed E-state index contributed by atoms with van der Waals surface area (Å²) in [5.74, 6) is -0.0505. The highest BCUT2D eigenvalue weighted by Crippen LogP contribution is 2.23. The normalized spacial score (nSPS) is 11.0. The van der Waals surface area contributed by atoms with E-state index in [0.717, 1.165) is 0 Å². The molecular formula is C15H11ClN2O3. The molecule has 6 heteroatoms. The van der Waals surface area contributed by atoms with Gasteiger partial charge in [-0.2, -0.15) is 5.26 Å². The quantitative estimate of drug-likeness (QED) is 0.671. The molecule has 0 aliphatic heterocycles. The third-order valence-corrected chi connectivity index (χ3v) is 2.89. The van der Waals surface area contributed by atoms with E-state index >= 15 is 0 Å². The second kappa shape index (κ2) is 6.64. The number of hydrogen-bond donors (Lipinski definition) is 2. The van der Waals surface area contributed by atoms with E-state index in [0.29, 0.717) is 16.3 Å². The van der Waals surface area contributed by atoms with Gasteiger partial charge in [-0.05, 0) is 36.4 Å². The van der Waals surface area contributed by atoms with Crippen LogP contribution in [0.4, 0.5) is 0 Å². The smallest absolute Gasteiger partial charge is 0.262 e. The minimum absolute atomic E-state index is 0.0639. The van der Waals surface area contributed by atoms with Gasteiger partial charge in [-0.3, -0.25) is 4.79 Å². The molecule has 2 rings (SSSR count). The summed E-state index contributed by atoms with van der Waals surface area (Å²) in [5.41, 5.74) is 0.159. The van der Waals surface area contributed by atoms with E-state index in [-0.39, 0.29) is 17.9 Å². The van der Waals surface area contributed by atoms with Gasteiger partial charge in [-0.25, -0.2) is 0 Å².